The van der Waals surface area contributed by atoms with E-state index in [1.807, 2.05) is 45.3 Å². The third-order valence-electron chi connectivity index (χ3n) is 4.59. The summed E-state index contributed by atoms with van der Waals surface area (Å²) < 4.78 is 35.4. The van der Waals surface area contributed by atoms with Gasteiger partial charge in [0.2, 0.25) is 10.0 Å². The standard InChI is InChI=1S/C21H28N4O3S/c1-4-28-17-9-11-18(12-10-17)29(26,27)22-14-13-21-23-19-7-5-6-8-20(19)25(21)16-15-24(2)3/h5-12,22H,4,13-16H2,1-3H3. The molecule has 2 aromatic carbocycles. The van der Waals surface area contributed by atoms with Gasteiger partial charge in [0.25, 0.3) is 0 Å². The Morgan fingerprint density at radius 3 is 2.52 bits per heavy atom. The van der Waals surface area contributed by atoms with Crippen molar-refractivity contribution in [1.29, 1.82) is 0 Å². The first-order valence-corrected chi connectivity index (χ1v) is 11.2. The van der Waals surface area contributed by atoms with Crippen molar-refractivity contribution in [2.75, 3.05) is 33.8 Å². The molecule has 0 radical (unpaired) electrons. The van der Waals surface area contributed by atoms with E-state index in [4.69, 9.17) is 9.72 Å². The van der Waals surface area contributed by atoms with Gasteiger partial charge in [-0.2, -0.15) is 0 Å². The average molecular weight is 417 g/mol. The molecular formula is C21H28N4O3S. The monoisotopic (exact) mass is 416 g/mol. The first-order chi connectivity index (χ1) is 13.9. The normalized spacial score (nSPS) is 12.0. The summed E-state index contributed by atoms with van der Waals surface area (Å²) in [6, 6.07) is 14.4. The second-order valence-electron chi connectivity index (χ2n) is 7.02. The van der Waals surface area contributed by atoms with Crippen LogP contribution in [0.5, 0.6) is 5.75 Å². The van der Waals surface area contributed by atoms with Gasteiger partial charge in [-0.25, -0.2) is 18.1 Å². The van der Waals surface area contributed by atoms with Crippen LogP contribution in [0.25, 0.3) is 11.0 Å². The number of fused-ring (bicyclic) bond motifs is 1. The summed E-state index contributed by atoms with van der Waals surface area (Å²) in [4.78, 5) is 7.05. The van der Waals surface area contributed by atoms with Crippen molar-refractivity contribution in [3.63, 3.8) is 0 Å². The zero-order chi connectivity index (χ0) is 20.9. The number of sulfonamides is 1. The molecule has 156 valence electrons. The number of imidazole rings is 1. The molecule has 0 fully saturated rings. The molecule has 0 saturated heterocycles. The second-order valence-corrected chi connectivity index (χ2v) is 8.79. The number of nitrogens with one attached hydrogen (secondary N) is 1. The molecule has 0 aliphatic heterocycles. The molecule has 1 N–H and O–H groups in total. The highest BCUT2D eigenvalue weighted by Crippen LogP contribution is 2.18. The molecule has 29 heavy (non-hydrogen) atoms. The number of hydrogen-bond acceptors (Lipinski definition) is 5. The minimum atomic E-state index is -3.58. The fourth-order valence-electron chi connectivity index (χ4n) is 3.13. The Kier molecular flexibility index (Phi) is 6.89. The number of likely N-dealkylation sites (N-methyl/N-ethyl adjacent to an activating group) is 1. The van der Waals surface area contributed by atoms with E-state index in [1.54, 1.807) is 24.3 Å². The van der Waals surface area contributed by atoms with Crippen LogP contribution in [-0.2, 0) is 23.0 Å². The molecule has 3 aromatic rings. The summed E-state index contributed by atoms with van der Waals surface area (Å²) in [5, 5.41) is 0. The van der Waals surface area contributed by atoms with Crippen LogP contribution in [-0.4, -0.2) is 56.7 Å². The Labute approximate surface area is 172 Å². The summed E-state index contributed by atoms with van der Waals surface area (Å²) in [6.45, 7) is 4.39. The summed E-state index contributed by atoms with van der Waals surface area (Å²) in [5.41, 5.74) is 1.99. The number of rotatable bonds is 10. The smallest absolute Gasteiger partial charge is 0.240 e. The van der Waals surface area contributed by atoms with Crippen LogP contribution in [0.1, 0.15) is 12.7 Å². The molecule has 0 aliphatic rings. The van der Waals surface area contributed by atoms with Gasteiger partial charge in [-0.15, -0.1) is 0 Å². The number of nitrogens with zero attached hydrogens (tertiary/aromatic N) is 3. The molecule has 0 unspecified atom stereocenters. The van der Waals surface area contributed by atoms with E-state index in [-0.39, 0.29) is 11.4 Å². The first kappa shape index (κ1) is 21.3. The van der Waals surface area contributed by atoms with E-state index >= 15 is 0 Å². The van der Waals surface area contributed by atoms with Crippen LogP contribution in [0.3, 0.4) is 0 Å². The molecule has 0 saturated carbocycles. The molecular weight excluding hydrogens is 388 g/mol. The van der Waals surface area contributed by atoms with Gasteiger partial charge in [0.05, 0.1) is 22.5 Å². The van der Waals surface area contributed by atoms with Crippen LogP contribution in [0, 0.1) is 0 Å². The maximum Gasteiger partial charge on any atom is 0.240 e. The van der Waals surface area contributed by atoms with E-state index in [1.165, 1.54) is 0 Å². The Balaban J connectivity index is 1.70. The van der Waals surface area contributed by atoms with E-state index in [0.29, 0.717) is 18.8 Å². The third kappa shape index (κ3) is 5.35. The van der Waals surface area contributed by atoms with Crippen LogP contribution in [0.4, 0.5) is 0 Å². The summed E-state index contributed by atoms with van der Waals surface area (Å²) in [5.74, 6) is 1.53. The van der Waals surface area contributed by atoms with Crippen molar-refractivity contribution < 1.29 is 13.2 Å². The Bertz CT molecular complexity index is 1040. The zero-order valence-corrected chi connectivity index (χ0v) is 17.9. The van der Waals surface area contributed by atoms with Crippen molar-refractivity contribution in [1.82, 2.24) is 19.2 Å². The van der Waals surface area contributed by atoms with Gasteiger partial charge in [-0.05, 0) is 57.4 Å². The van der Waals surface area contributed by atoms with Crippen molar-refractivity contribution in [3.8, 4) is 5.75 Å². The van der Waals surface area contributed by atoms with Crippen molar-refractivity contribution >= 4 is 21.1 Å². The quantitative estimate of drug-likeness (QED) is 0.550. The Morgan fingerprint density at radius 1 is 1.10 bits per heavy atom. The van der Waals surface area contributed by atoms with Crippen LogP contribution >= 0.6 is 0 Å². The summed E-state index contributed by atoms with van der Waals surface area (Å²) in [6.07, 6.45) is 0.512. The van der Waals surface area contributed by atoms with E-state index in [2.05, 4.69) is 14.2 Å². The lowest BCUT2D eigenvalue weighted by atomic mass is 10.3. The Hall–Kier alpha value is -2.42. The lowest BCUT2D eigenvalue weighted by Crippen LogP contribution is -2.27. The van der Waals surface area contributed by atoms with Crippen molar-refractivity contribution in [2.24, 2.45) is 0 Å². The van der Waals surface area contributed by atoms with Gasteiger partial charge in [-0.1, -0.05) is 12.1 Å². The first-order valence-electron chi connectivity index (χ1n) is 9.72. The molecule has 7 nitrogen and oxygen atoms in total. The average Bonchev–Trinajstić information content (AvgIpc) is 3.04. The highest BCUT2D eigenvalue weighted by atomic mass is 32.2. The maximum atomic E-state index is 12.6. The van der Waals surface area contributed by atoms with Gasteiger partial charge in [0.15, 0.2) is 0 Å². The van der Waals surface area contributed by atoms with Crippen molar-refractivity contribution in [2.45, 2.75) is 24.8 Å². The zero-order valence-electron chi connectivity index (χ0n) is 17.1. The molecule has 3 rings (SSSR count). The summed E-state index contributed by atoms with van der Waals surface area (Å²) >= 11 is 0. The largest absolute Gasteiger partial charge is 0.494 e. The minimum Gasteiger partial charge on any atom is -0.494 e. The van der Waals surface area contributed by atoms with Gasteiger partial charge >= 0.3 is 0 Å². The number of benzene rings is 2. The summed E-state index contributed by atoms with van der Waals surface area (Å²) in [7, 11) is 0.481. The van der Waals surface area contributed by atoms with Crippen LogP contribution in [0.15, 0.2) is 53.4 Å². The number of hydrogen-bond donors (Lipinski definition) is 1. The van der Waals surface area contributed by atoms with Crippen LogP contribution in [0.2, 0.25) is 0 Å². The SMILES string of the molecule is CCOc1ccc(S(=O)(=O)NCCc2nc3ccccc3n2CCN(C)C)cc1. The number of para-hydroxylation sites is 2. The van der Waals surface area contributed by atoms with E-state index in [0.717, 1.165) is 29.9 Å². The fraction of sp³-hybridized carbons (Fsp3) is 0.381. The van der Waals surface area contributed by atoms with Gasteiger partial charge in [0, 0.05) is 26.1 Å². The molecule has 0 atom stereocenters. The number of ether oxygens (including phenoxy) is 1. The second kappa shape index (κ2) is 9.39. The molecule has 0 spiro atoms. The Morgan fingerprint density at radius 2 is 1.83 bits per heavy atom. The minimum absolute atomic E-state index is 0.224. The van der Waals surface area contributed by atoms with Gasteiger partial charge < -0.3 is 14.2 Å². The third-order valence-corrected chi connectivity index (χ3v) is 6.07. The molecule has 0 aliphatic carbocycles. The molecule has 0 amide bonds. The lowest BCUT2D eigenvalue weighted by Gasteiger charge is -2.14. The highest BCUT2D eigenvalue weighted by molar-refractivity contribution is 7.89. The van der Waals surface area contributed by atoms with Gasteiger partial charge in [0.1, 0.15) is 11.6 Å². The number of aromatic nitrogens is 2. The fourth-order valence-corrected chi connectivity index (χ4v) is 4.16. The van der Waals surface area contributed by atoms with Crippen LogP contribution < -0.4 is 9.46 Å². The molecule has 1 aromatic heterocycles. The van der Waals surface area contributed by atoms with Gasteiger partial charge in [-0.3, -0.25) is 0 Å². The van der Waals surface area contributed by atoms with E-state index in [9.17, 15) is 8.42 Å². The topological polar surface area (TPSA) is 76.5 Å². The highest BCUT2D eigenvalue weighted by Gasteiger charge is 2.15. The van der Waals surface area contributed by atoms with E-state index < -0.39 is 10.0 Å². The molecule has 8 heteroatoms. The van der Waals surface area contributed by atoms with Crippen molar-refractivity contribution in [3.05, 3.63) is 54.4 Å². The lowest BCUT2D eigenvalue weighted by molar-refractivity contribution is 0.340. The molecule has 0 bridgehead atoms. The molecule has 1 heterocycles. The predicted molar refractivity (Wildman–Crippen MR) is 115 cm³/mol. The predicted octanol–water partition coefficient (Wildman–Crippen LogP) is 2.52. The maximum absolute atomic E-state index is 12.6.